The third-order valence-corrected chi connectivity index (χ3v) is 2.14. The van der Waals surface area contributed by atoms with E-state index in [0.717, 1.165) is 11.3 Å². The lowest BCUT2D eigenvalue weighted by molar-refractivity contribution is 0.506. The first-order valence-corrected chi connectivity index (χ1v) is 4.60. The van der Waals surface area contributed by atoms with Crippen LogP contribution in [0.5, 0.6) is 0 Å². The van der Waals surface area contributed by atoms with E-state index in [9.17, 15) is 0 Å². The van der Waals surface area contributed by atoms with Crippen LogP contribution in [0.25, 0.3) is 11.3 Å². The van der Waals surface area contributed by atoms with Crippen molar-refractivity contribution in [3.8, 4) is 11.3 Å². The van der Waals surface area contributed by atoms with Crippen LogP contribution in [-0.2, 0) is 0 Å². The third kappa shape index (κ3) is 1.66. The summed E-state index contributed by atoms with van der Waals surface area (Å²) in [4.78, 5) is 4.23. The summed E-state index contributed by atoms with van der Waals surface area (Å²) in [5, 5.41) is 0.683. The molecule has 0 aliphatic carbocycles. The van der Waals surface area contributed by atoms with Gasteiger partial charge in [0.15, 0.2) is 5.89 Å². The molecule has 0 amide bonds. The number of benzene rings is 1. The Morgan fingerprint density at radius 1 is 1.43 bits per heavy atom. The zero-order chi connectivity index (χ0) is 10.1. The van der Waals surface area contributed by atoms with Crippen LogP contribution in [0.15, 0.2) is 28.7 Å². The van der Waals surface area contributed by atoms with Gasteiger partial charge in [-0.2, -0.15) is 0 Å². The Kier molecular flexibility index (Phi) is 2.30. The van der Waals surface area contributed by atoms with E-state index < -0.39 is 0 Å². The second-order valence-electron chi connectivity index (χ2n) is 3.02. The van der Waals surface area contributed by atoms with Gasteiger partial charge in [0.05, 0.1) is 0 Å². The molecule has 2 rings (SSSR count). The molecule has 0 aliphatic rings. The molecule has 1 aromatic carbocycles. The molecule has 3 heteroatoms. The summed E-state index contributed by atoms with van der Waals surface area (Å²) < 4.78 is 5.24. The van der Waals surface area contributed by atoms with Gasteiger partial charge in [-0.05, 0) is 12.1 Å². The second kappa shape index (κ2) is 3.46. The summed E-state index contributed by atoms with van der Waals surface area (Å²) in [6.45, 7) is 5.57. The maximum Gasteiger partial charge on any atom is 0.191 e. The first kappa shape index (κ1) is 9.28. The number of halogens is 1. The summed E-state index contributed by atoms with van der Waals surface area (Å²) in [5.41, 5.74) is 1.68. The molecule has 1 heterocycles. The van der Waals surface area contributed by atoms with Crippen molar-refractivity contribution >= 4 is 11.6 Å². The molecule has 0 saturated heterocycles. The van der Waals surface area contributed by atoms with Gasteiger partial charge < -0.3 is 4.42 Å². The Bertz CT molecular complexity index is 462. The number of hydrogen-bond acceptors (Lipinski definition) is 2. The lowest BCUT2D eigenvalue weighted by Gasteiger charge is -1.97. The average molecular weight is 207 g/mol. The maximum absolute atomic E-state index is 5.88. The van der Waals surface area contributed by atoms with Crippen molar-refractivity contribution in [3.63, 3.8) is 0 Å². The Morgan fingerprint density at radius 3 is 2.79 bits per heavy atom. The largest absolute Gasteiger partial charge is 0.445 e. The van der Waals surface area contributed by atoms with Crippen molar-refractivity contribution in [3.05, 3.63) is 47.9 Å². The lowest BCUT2D eigenvalue weighted by atomic mass is 10.1. The lowest BCUT2D eigenvalue weighted by Crippen LogP contribution is -1.80. The molecule has 1 radical (unpaired) electrons. The monoisotopic (exact) mass is 206 g/mol. The van der Waals surface area contributed by atoms with E-state index in [1.807, 2.05) is 24.3 Å². The number of aryl methyl sites for hydroxylation is 1. The Labute approximate surface area is 87.5 Å². The van der Waals surface area contributed by atoms with Crippen LogP contribution >= 0.6 is 11.6 Å². The van der Waals surface area contributed by atoms with Crippen molar-refractivity contribution < 1.29 is 4.42 Å². The fourth-order valence-corrected chi connectivity index (χ4v) is 1.52. The molecular formula is C11H9ClNO. The Hall–Kier alpha value is -1.28. The molecule has 0 fully saturated rings. The van der Waals surface area contributed by atoms with Crippen LogP contribution in [0.2, 0.25) is 5.02 Å². The zero-order valence-electron chi connectivity index (χ0n) is 7.75. The molecule has 0 N–H and O–H groups in total. The van der Waals surface area contributed by atoms with E-state index in [1.54, 1.807) is 6.92 Å². The topological polar surface area (TPSA) is 26.0 Å². The molecular weight excluding hydrogens is 198 g/mol. The second-order valence-corrected chi connectivity index (χ2v) is 3.45. The van der Waals surface area contributed by atoms with Gasteiger partial charge in [-0.3, -0.25) is 0 Å². The summed E-state index contributed by atoms with van der Waals surface area (Å²) >= 11 is 5.88. The van der Waals surface area contributed by atoms with Crippen LogP contribution in [0.1, 0.15) is 11.7 Å². The van der Waals surface area contributed by atoms with Crippen molar-refractivity contribution in [1.82, 2.24) is 4.98 Å². The highest BCUT2D eigenvalue weighted by Gasteiger charge is 2.08. The molecule has 14 heavy (non-hydrogen) atoms. The van der Waals surface area contributed by atoms with Crippen LogP contribution in [0.3, 0.4) is 0 Å². The fourth-order valence-electron chi connectivity index (χ4n) is 1.33. The van der Waals surface area contributed by atoms with Gasteiger partial charge in [-0.25, -0.2) is 4.98 Å². The molecule has 2 aromatic rings. The van der Waals surface area contributed by atoms with Gasteiger partial charge in [0, 0.05) is 24.4 Å². The molecule has 0 spiro atoms. The van der Waals surface area contributed by atoms with E-state index in [4.69, 9.17) is 16.0 Å². The smallest absolute Gasteiger partial charge is 0.191 e. The first-order chi connectivity index (χ1) is 6.66. The average Bonchev–Trinajstić information content (AvgIpc) is 2.45. The number of aromatic nitrogens is 1. The minimum Gasteiger partial charge on any atom is -0.445 e. The highest BCUT2D eigenvalue weighted by Crippen LogP contribution is 2.25. The first-order valence-electron chi connectivity index (χ1n) is 4.22. The van der Waals surface area contributed by atoms with Gasteiger partial charge in [0.25, 0.3) is 0 Å². The molecule has 0 bridgehead atoms. The van der Waals surface area contributed by atoms with Gasteiger partial charge >= 0.3 is 0 Å². The summed E-state index contributed by atoms with van der Waals surface area (Å²) in [5.74, 6) is 1.19. The van der Waals surface area contributed by atoms with E-state index in [2.05, 4.69) is 11.9 Å². The molecule has 71 valence electrons. The van der Waals surface area contributed by atoms with E-state index >= 15 is 0 Å². The minimum absolute atomic E-state index is 0.574. The molecule has 0 aliphatic heterocycles. The van der Waals surface area contributed by atoms with Gasteiger partial charge in [0.1, 0.15) is 11.5 Å². The zero-order valence-corrected chi connectivity index (χ0v) is 8.51. The maximum atomic E-state index is 5.88. The molecule has 1 aromatic heterocycles. The van der Waals surface area contributed by atoms with E-state index in [0.29, 0.717) is 16.7 Å². The number of hydrogen-bond donors (Lipinski definition) is 0. The van der Waals surface area contributed by atoms with Gasteiger partial charge in [0.2, 0.25) is 0 Å². The van der Waals surface area contributed by atoms with Crippen LogP contribution in [0, 0.1) is 13.8 Å². The summed E-state index contributed by atoms with van der Waals surface area (Å²) in [6, 6.07) is 7.47. The summed E-state index contributed by atoms with van der Waals surface area (Å²) in [7, 11) is 0. The molecule has 2 nitrogen and oxygen atoms in total. The summed E-state index contributed by atoms with van der Waals surface area (Å²) in [6.07, 6.45) is 0. The fraction of sp³-hybridized carbons (Fsp3) is 0.0909. The number of oxazole rings is 1. The minimum atomic E-state index is 0.574. The predicted octanol–water partition coefficient (Wildman–Crippen LogP) is 3.49. The Balaban J connectivity index is 2.54. The third-order valence-electron chi connectivity index (χ3n) is 1.90. The van der Waals surface area contributed by atoms with Crippen LogP contribution < -0.4 is 0 Å². The van der Waals surface area contributed by atoms with E-state index in [-0.39, 0.29) is 0 Å². The predicted molar refractivity (Wildman–Crippen MR) is 56.1 cm³/mol. The van der Waals surface area contributed by atoms with Crippen molar-refractivity contribution in [2.24, 2.45) is 0 Å². The molecule has 0 unspecified atom stereocenters. The van der Waals surface area contributed by atoms with Gasteiger partial charge in [-0.15, -0.1) is 0 Å². The van der Waals surface area contributed by atoms with Crippen molar-refractivity contribution in [2.45, 2.75) is 6.92 Å². The van der Waals surface area contributed by atoms with Crippen LogP contribution in [-0.4, -0.2) is 4.98 Å². The SMILES string of the molecule is [CH2]c1oc(C)nc1-c1cccc(Cl)c1. The van der Waals surface area contributed by atoms with Crippen LogP contribution in [0.4, 0.5) is 0 Å². The highest BCUT2D eigenvalue weighted by molar-refractivity contribution is 6.30. The van der Waals surface area contributed by atoms with Crippen molar-refractivity contribution in [2.75, 3.05) is 0 Å². The molecule has 0 atom stereocenters. The normalized spacial score (nSPS) is 10.5. The van der Waals surface area contributed by atoms with E-state index in [1.165, 1.54) is 0 Å². The number of rotatable bonds is 1. The standard InChI is InChI=1S/C11H9ClNO/c1-7-11(13-8(2)14-7)9-4-3-5-10(12)6-9/h3-6H,1H2,2H3. The highest BCUT2D eigenvalue weighted by atomic mass is 35.5. The number of nitrogens with zero attached hydrogens (tertiary/aromatic N) is 1. The van der Waals surface area contributed by atoms with Gasteiger partial charge in [-0.1, -0.05) is 23.7 Å². The Morgan fingerprint density at radius 2 is 2.21 bits per heavy atom. The quantitative estimate of drug-likeness (QED) is 0.714. The molecule has 0 saturated carbocycles. The van der Waals surface area contributed by atoms with Crippen molar-refractivity contribution in [1.29, 1.82) is 0 Å².